The molecule has 0 heterocycles. The van der Waals surface area contributed by atoms with Crippen LogP contribution < -0.4 is 19.6 Å². The molecule has 0 bridgehead atoms. The highest BCUT2D eigenvalue weighted by Gasteiger charge is 2.15. The SMILES string of the molecule is CCOc1cc(/C=N/NC(=O)c2ccc(NS(=O)(=O)c3ccccc3)cc2)ccc1OC(=O)c1ccccc1. The van der Waals surface area contributed by atoms with E-state index in [-0.39, 0.29) is 16.2 Å². The first-order valence-corrected chi connectivity index (χ1v) is 13.4. The zero-order valence-electron chi connectivity index (χ0n) is 20.9. The molecule has 0 unspecified atom stereocenters. The van der Waals surface area contributed by atoms with E-state index in [1.165, 1.54) is 42.6 Å². The third-order valence-corrected chi connectivity index (χ3v) is 6.71. The second-order valence-electron chi connectivity index (χ2n) is 8.09. The number of amides is 1. The molecule has 0 saturated carbocycles. The van der Waals surface area contributed by atoms with E-state index in [1.54, 1.807) is 66.7 Å². The van der Waals surface area contributed by atoms with Gasteiger partial charge in [-0.2, -0.15) is 5.10 Å². The van der Waals surface area contributed by atoms with Crippen LogP contribution in [0.5, 0.6) is 11.5 Å². The lowest BCUT2D eigenvalue weighted by Crippen LogP contribution is -2.18. The Balaban J connectivity index is 1.37. The maximum Gasteiger partial charge on any atom is 0.343 e. The van der Waals surface area contributed by atoms with Gasteiger partial charge in [-0.25, -0.2) is 18.6 Å². The Bertz CT molecular complexity index is 1570. The number of sulfonamides is 1. The number of benzene rings is 4. The average Bonchev–Trinajstić information content (AvgIpc) is 2.95. The summed E-state index contributed by atoms with van der Waals surface area (Å²) < 4.78 is 38.5. The van der Waals surface area contributed by atoms with Crippen molar-refractivity contribution in [1.82, 2.24) is 5.43 Å². The van der Waals surface area contributed by atoms with Gasteiger partial charge in [0.1, 0.15) is 0 Å². The fraction of sp³-hybridized carbons (Fsp3) is 0.0690. The molecule has 9 nitrogen and oxygen atoms in total. The molecule has 39 heavy (non-hydrogen) atoms. The molecule has 1 amide bonds. The van der Waals surface area contributed by atoms with Crippen LogP contribution >= 0.6 is 0 Å². The standard InChI is InChI=1S/C29H25N3O6S/c1-2-37-27-19-21(13-18-26(27)38-29(34)23-9-5-3-6-10-23)20-30-31-28(33)22-14-16-24(17-15-22)32-39(35,36)25-11-7-4-8-12-25/h3-20,32H,2H2,1H3,(H,31,33)/b30-20+. The van der Waals surface area contributed by atoms with Gasteiger partial charge in [-0.3, -0.25) is 9.52 Å². The molecule has 0 aromatic heterocycles. The second-order valence-corrected chi connectivity index (χ2v) is 9.77. The van der Waals surface area contributed by atoms with Crippen molar-refractivity contribution in [2.75, 3.05) is 11.3 Å². The lowest BCUT2D eigenvalue weighted by Gasteiger charge is -2.11. The summed E-state index contributed by atoms with van der Waals surface area (Å²) in [5, 5.41) is 3.98. The van der Waals surface area contributed by atoms with Gasteiger partial charge in [-0.05, 0) is 79.2 Å². The zero-order valence-corrected chi connectivity index (χ0v) is 21.7. The van der Waals surface area contributed by atoms with Gasteiger partial charge < -0.3 is 9.47 Å². The fourth-order valence-electron chi connectivity index (χ4n) is 3.42. The van der Waals surface area contributed by atoms with E-state index >= 15 is 0 Å². The number of ether oxygens (including phenoxy) is 2. The largest absolute Gasteiger partial charge is 0.490 e. The molecule has 0 aliphatic heterocycles. The molecule has 198 valence electrons. The van der Waals surface area contributed by atoms with E-state index in [1.807, 2.05) is 6.92 Å². The third kappa shape index (κ3) is 7.30. The molecular formula is C29H25N3O6S. The number of esters is 1. The molecule has 0 saturated heterocycles. The Hall–Kier alpha value is -4.96. The van der Waals surface area contributed by atoms with E-state index in [0.29, 0.717) is 29.2 Å². The highest BCUT2D eigenvalue weighted by atomic mass is 32.2. The van der Waals surface area contributed by atoms with Crippen LogP contribution in [0.3, 0.4) is 0 Å². The molecular weight excluding hydrogens is 518 g/mol. The number of carbonyl (C=O) groups excluding carboxylic acids is 2. The van der Waals surface area contributed by atoms with Crippen molar-refractivity contribution in [1.29, 1.82) is 0 Å². The maximum atomic E-state index is 12.5. The van der Waals surface area contributed by atoms with Crippen LogP contribution in [0.15, 0.2) is 113 Å². The topological polar surface area (TPSA) is 123 Å². The van der Waals surface area contributed by atoms with Gasteiger partial charge >= 0.3 is 5.97 Å². The molecule has 2 N–H and O–H groups in total. The van der Waals surface area contributed by atoms with Crippen LogP contribution in [0.2, 0.25) is 0 Å². The van der Waals surface area contributed by atoms with Gasteiger partial charge in [-0.1, -0.05) is 36.4 Å². The average molecular weight is 544 g/mol. The number of hydrogen-bond acceptors (Lipinski definition) is 7. The molecule has 0 atom stereocenters. The van der Waals surface area contributed by atoms with Gasteiger partial charge in [0.2, 0.25) is 0 Å². The second kappa shape index (κ2) is 12.5. The molecule has 0 fully saturated rings. The third-order valence-electron chi connectivity index (χ3n) is 5.31. The predicted molar refractivity (Wildman–Crippen MR) is 148 cm³/mol. The van der Waals surface area contributed by atoms with E-state index in [4.69, 9.17) is 9.47 Å². The number of nitrogens with one attached hydrogen (secondary N) is 2. The number of hydrogen-bond donors (Lipinski definition) is 2. The molecule has 4 aromatic carbocycles. The van der Waals surface area contributed by atoms with Gasteiger partial charge in [-0.15, -0.1) is 0 Å². The molecule has 0 radical (unpaired) electrons. The van der Waals surface area contributed by atoms with Crippen molar-refractivity contribution in [2.45, 2.75) is 11.8 Å². The van der Waals surface area contributed by atoms with E-state index in [2.05, 4.69) is 15.2 Å². The normalized spacial score (nSPS) is 11.1. The Morgan fingerprint density at radius 1 is 0.821 bits per heavy atom. The van der Waals surface area contributed by atoms with Crippen molar-refractivity contribution in [3.63, 3.8) is 0 Å². The molecule has 10 heteroatoms. The van der Waals surface area contributed by atoms with E-state index < -0.39 is 21.9 Å². The number of hydrazone groups is 1. The van der Waals surface area contributed by atoms with Gasteiger partial charge in [0.15, 0.2) is 11.5 Å². The monoisotopic (exact) mass is 543 g/mol. The summed E-state index contributed by atoms with van der Waals surface area (Å²) in [4.78, 5) is 25.0. The van der Waals surface area contributed by atoms with Crippen molar-refractivity contribution < 1.29 is 27.5 Å². The van der Waals surface area contributed by atoms with Crippen molar-refractivity contribution in [3.8, 4) is 11.5 Å². The summed E-state index contributed by atoms with van der Waals surface area (Å²) >= 11 is 0. The summed E-state index contributed by atoms with van der Waals surface area (Å²) in [7, 11) is -3.74. The quantitative estimate of drug-likeness (QED) is 0.127. The van der Waals surface area contributed by atoms with Crippen LogP contribution in [0.4, 0.5) is 5.69 Å². The highest BCUT2D eigenvalue weighted by Crippen LogP contribution is 2.29. The summed E-state index contributed by atoms with van der Waals surface area (Å²) in [6.07, 6.45) is 1.42. The van der Waals surface area contributed by atoms with Crippen LogP contribution in [-0.2, 0) is 10.0 Å². The lowest BCUT2D eigenvalue weighted by molar-refractivity contribution is 0.0728. The maximum absolute atomic E-state index is 12.5. The Morgan fingerprint density at radius 2 is 1.49 bits per heavy atom. The van der Waals surface area contributed by atoms with Crippen LogP contribution in [0.25, 0.3) is 0 Å². The smallest absolute Gasteiger partial charge is 0.343 e. The molecule has 0 aliphatic carbocycles. The van der Waals surface area contributed by atoms with Gasteiger partial charge in [0, 0.05) is 11.3 Å². The number of rotatable bonds is 10. The Morgan fingerprint density at radius 3 is 2.15 bits per heavy atom. The predicted octanol–water partition coefficient (Wildman–Crippen LogP) is 4.87. The summed E-state index contributed by atoms with van der Waals surface area (Å²) in [5.74, 6) is -0.383. The van der Waals surface area contributed by atoms with Gasteiger partial charge in [0.05, 0.1) is 23.3 Å². The van der Waals surface area contributed by atoms with Crippen LogP contribution in [0, 0.1) is 0 Å². The summed E-state index contributed by atoms with van der Waals surface area (Å²) in [5.41, 5.74) is 4.04. The van der Waals surface area contributed by atoms with Crippen molar-refractivity contribution in [2.24, 2.45) is 5.10 Å². The first-order chi connectivity index (χ1) is 18.9. The number of carbonyl (C=O) groups is 2. The fourth-order valence-corrected chi connectivity index (χ4v) is 4.50. The van der Waals surface area contributed by atoms with Crippen molar-refractivity contribution in [3.05, 3.63) is 120 Å². The molecule has 0 spiro atoms. The summed E-state index contributed by atoms with van der Waals surface area (Å²) in [6, 6.07) is 27.4. The van der Waals surface area contributed by atoms with E-state index in [9.17, 15) is 18.0 Å². The first-order valence-electron chi connectivity index (χ1n) is 11.9. The summed E-state index contributed by atoms with van der Waals surface area (Å²) in [6.45, 7) is 2.16. The Kier molecular flexibility index (Phi) is 8.70. The van der Waals surface area contributed by atoms with Crippen LogP contribution in [0.1, 0.15) is 33.2 Å². The highest BCUT2D eigenvalue weighted by molar-refractivity contribution is 7.92. The zero-order chi connectivity index (χ0) is 27.7. The lowest BCUT2D eigenvalue weighted by atomic mass is 10.2. The minimum Gasteiger partial charge on any atom is -0.490 e. The number of anilines is 1. The molecule has 0 aliphatic rings. The number of nitrogens with zero attached hydrogens (tertiary/aromatic N) is 1. The van der Waals surface area contributed by atoms with Crippen molar-refractivity contribution >= 4 is 33.8 Å². The molecule has 4 rings (SSSR count). The minimum absolute atomic E-state index is 0.135. The van der Waals surface area contributed by atoms with E-state index in [0.717, 1.165) is 0 Å². The Labute approximate surface area is 226 Å². The van der Waals surface area contributed by atoms with Crippen LogP contribution in [-0.4, -0.2) is 33.1 Å². The minimum atomic E-state index is -3.74. The first kappa shape index (κ1) is 27.1. The van der Waals surface area contributed by atoms with Gasteiger partial charge in [0.25, 0.3) is 15.9 Å². The molecule has 4 aromatic rings.